The van der Waals surface area contributed by atoms with Crippen LogP contribution in [0.2, 0.25) is 0 Å². The molecule has 1 unspecified atom stereocenters. The predicted octanol–water partition coefficient (Wildman–Crippen LogP) is 5.74. The molecule has 0 fully saturated rings. The van der Waals surface area contributed by atoms with E-state index in [1.165, 1.54) is 12.8 Å². The SMILES string of the molecule is CC1=C(C)C2=C(C1)C1C3=C(C)C(=C1C2(C)C)C(C)(C)C3. The molecule has 0 heterocycles. The van der Waals surface area contributed by atoms with Crippen molar-refractivity contribution in [2.45, 2.75) is 61.3 Å². The lowest BCUT2D eigenvalue weighted by Crippen LogP contribution is -2.26. The van der Waals surface area contributed by atoms with E-state index in [0.29, 0.717) is 11.3 Å². The van der Waals surface area contributed by atoms with Gasteiger partial charge in [0, 0.05) is 11.3 Å². The highest BCUT2D eigenvalue weighted by Crippen LogP contribution is 2.70. The highest BCUT2D eigenvalue weighted by atomic mass is 14.6. The molecule has 0 heteroatoms. The molecule has 0 amide bonds. The van der Waals surface area contributed by atoms with Crippen molar-refractivity contribution in [3.8, 4) is 0 Å². The molecule has 4 aliphatic carbocycles. The summed E-state index contributed by atoms with van der Waals surface area (Å²) in [6.45, 7) is 16.9. The van der Waals surface area contributed by atoms with Gasteiger partial charge in [-0.3, -0.25) is 0 Å². The molecule has 0 saturated heterocycles. The van der Waals surface area contributed by atoms with E-state index >= 15 is 0 Å². The van der Waals surface area contributed by atoms with Crippen molar-refractivity contribution in [1.82, 2.24) is 0 Å². The fourth-order valence-electron chi connectivity index (χ4n) is 5.84. The van der Waals surface area contributed by atoms with Gasteiger partial charge in [-0.1, -0.05) is 44.4 Å². The maximum absolute atomic E-state index is 2.47. The molecule has 0 radical (unpaired) electrons. The molecular formula is C20H26. The van der Waals surface area contributed by atoms with Crippen LogP contribution in [0.3, 0.4) is 0 Å². The second kappa shape index (κ2) is 3.24. The van der Waals surface area contributed by atoms with Gasteiger partial charge in [0.15, 0.2) is 0 Å². The van der Waals surface area contributed by atoms with Crippen molar-refractivity contribution in [3.05, 3.63) is 44.6 Å². The van der Waals surface area contributed by atoms with E-state index in [1.807, 2.05) is 0 Å². The lowest BCUT2D eigenvalue weighted by molar-refractivity contribution is 0.408. The summed E-state index contributed by atoms with van der Waals surface area (Å²) in [5.74, 6) is 0.676. The second-order valence-electron chi connectivity index (χ2n) is 8.54. The zero-order valence-corrected chi connectivity index (χ0v) is 14.0. The maximum atomic E-state index is 2.47. The van der Waals surface area contributed by atoms with Gasteiger partial charge in [0.25, 0.3) is 0 Å². The Morgan fingerprint density at radius 1 is 0.850 bits per heavy atom. The molecule has 0 aromatic heterocycles. The summed E-state index contributed by atoms with van der Waals surface area (Å²) in [6.07, 6.45) is 2.51. The summed E-state index contributed by atoms with van der Waals surface area (Å²) >= 11 is 0. The molecule has 0 saturated carbocycles. The quantitative estimate of drug-likeness (QED) is 0.525. The topological polar surface area (TPSA) is 0 Å². The van der Waals surface area contributed by atoms with Crippen LogP contribution in [0.15, 0.2) is 44.6 Å². The zero-order valence-electron chi connectivity index (χ0n) is 14.0. The zero-order chi connectivity index (χ0) is 14.6. The molecule has 0 N–H and O–H groups in total. The van der Waals surface area contributed by atoms with Crippen LogP contribution in [0.4, 0.5) is 0 Å². The first-order chi connectivity index (χ1) is 9.18. The third-order valence-corrected chi connectivity index (χ3v) is 6.51. The Bertz CT molecular complexity index is 684. The number of hydrogen-bond acceptors (Lipinski definition) is 0. The van der Waals surface area contributed by atoms with Gasteiger partial charge in [0.2, 0.25) is 0 Å². The van der Waals surface area contributed by atoms with Crippen LogP contribution < -0.4 is 0 Å². The molecule has 4 rings (SSSR count). The van der Waals surface area contributed by atoms with Gasteiger partial charge in [-0.15, -0.1) is 0 Å². The van der Waals surface area contributed by atoms with Crippen LogP contribution in [0.25, 0.3) is 0 Å². The molecule has 20 heavy (non-hydrogen) atoms. The Labute approximate surface area is 123 Å². The van der Waals surface area contributed by atoms with E-state index in [2.05, 4.69) is 48.5 Å². The van der Waals surface area contributed by atoms with Crippen LogP contribution in [0.1, 0.15) is 61.3 Å². The first kappa shape index (κ1) is 12.7. The van der Waals surface area contributed by atoms with Gasteiger partial charge in [-0.25, -0.2) is 0 Å². The molecule has 0 aromatic carbocycles. The summed E-state index contributed by atoms with van der Waals surface area (Å²) in [7, 11) is 0. The molecule has 0 aliphatic heterocycles. The van der Waals surface area contributed by atoms with Gasteiger partial charge >= 0.3 is 0 Å². The minimum atomic E-state index is 0.248. The lowest BCUT2D eigenvalue weighted by atomic mass is 9.67. The average Bonchev–Trinajstić information content (AvgIpc) is 2.90. The number of fused-ring (bicyclic) bond motifs is 4. The molecule has 4 aliphatic rings. The Kier molecular flexibility index (Phi) is 2.05. The van der Waals surface area contributed by atoms with Gasteiger partial charge < -0.3 is 0 Å². The van der Waals surface area contributed by atoms with Crippen molar-refractivity contribution in [1.29, 1.82) is 0 Å². The molecular weight excluding hydrogens is 240 g/mol. The molecule has 2 bridgehead atoms. The standard InChI is InChI=1S/C20H26/c1-10-8-13-15-14-9-19(4,5)17(12(14)3)18(15)20(6,7)16(13)11(10)2/h15H,8-9H2,1-7H3. The monoisotopic (exact) mass is 266 g/mol. The van der Waals surface area contributed by atoms with Crippen molar-refractivity contribution in [3.63, 3.8) is 0 Å². The average molecular weight is 266 g/mol. The van der Waals surface area contributed by atoms with Crippen molar-refractivity contribution in [2.75, 3.05) is 0 Å². The van der Waals surface area contributed by atoms with Crippen LogP contribution in [-0.4, -0.2) is 0 Å². The van der Waals surface area contributed by atoms with Gasteiger partial charge in [-0.2, -0.15) is 0 Å². The summed E-state index contributed by atoms with van der Waals surface area (Å²) in [5, 5.41) is 0. The van der Waals surface area contributed by atoms with Crippen LogP contribution in [-0.2, 0) is 0 Å². The summed E-state index contributed by atoms with van der Waals surface area (Å²) < 4.78 is 0. The first-order valence-electron chi connectivity index (χ1n) is 8.03. The fourth-order valence-corrected chi connectivity index (χ4v) is 5.84. The Morgan fingerprint density at radius 3 is 2.15 bits per heavy atom. The van der Waals surface area contributed by atoms with Crippen molar-refractivity contribution in [2.24, 2.45) is 16.7 Å². The summed E-state index contributed by atoms with van der Waals surface area (Å²) in [6, 6.07) is 0. The van der Waals surface area contributed by atoms with E-state index in [0.717, 1.165) is 0 Å². The molecule has 106 valence electrons. The highest BCUT2D eigenvalue weighted by molar-refractivity contribution is 5.71. The van der Waals surface area contributed by atoms with E-state index in [1.54, 1.807) is 44.6 Å². The smallest absolute Gasteiger partial charge is 0.0247 e. The summed E-state index contributed by atoms with van der Waals surface area (Å²) in [4.78, 5) is 0. The molecule has 0 nitrogen and oxygen atoms in total. The predicted molar refractivity (Wildman–Crippen MR) is 85.4 cm³/mol. The second-order valence-corrected chi connectivity index (χ2v) is 8.54. The lowest BCUT2D eigenvalue weighted by Gasteiger charge is -2.37. The van der Waals surface area contributed by atoms with E-state index in [-0.39, 0.29) is 5.41 Å². The normalized spacial score (nSPS) is 32.9. The third-order valence-electron chi connectivity index (χ3n) is 6.51. The molecule has 0 aromatic rings. The van der Waals surface area contributed by atoms with E-state index in [9.17, 15) is 0 Å². The maximum Gasteiger partial charge on any atom is 0.0247 e. The van der Waals surface area contributed by atoms with E-state index in [4.69, 9.17) is 0 Å². The van der Waals surface area contributed by atoms with Crippen LogP contribution in [0, 0.1) is 16.7 Å². The Balaban J connectivity index is 2.01. The number of allylic oxidation sites excluding steroid dienone is 8. The van der Waals surface area contributed by atoms with Crippen LogP contribution in [0.5, 0.6) is 0 Å². The van der Waals surface area contributed by atoms with Gasteiger partial charge in [-0.05, 0) is 66.9 Å². The Hall–Kier alpha value is -1.04. The van der Waals surface area contributed by atoms with Crippen molar-refractivity contribution < 1.29 is 0 Å². The van der Waals surface area contributed by atoms with Crippen LogP contribution >= 0.6 is 0 Å². The Morgan fingerprint density at radius 2 is 1.50 bits per heavy atom. The minimum Gasteiger partial charge on any atom is -0.0660 e. The van der Waals surface area contributed by atoms with Gasteiger partial charge in [0.05, 0.1) is 0 Å². The third kappa shape index (κ3) is 1.13. The minimum absolute atomic E-state index is 0.248. The summed E-state index contributed by atoms with van der Waals surface area (Å²) in [5.41, 5.74) is 14.1. The largest absolute Gasteiger partial charge is 0.0660 e. The van der Waals surface area contributed by atoms with E-state index < -0.39 is 0 Å². The number of hydrogen-bond donors (Lipinski definition) is 0. The molecule has 1 atom stereocenters. The molecule has 0 spiro atoms. The number of rotatable bonds is 0. The first-order valence-corrected chi connectivity index (χ1v) is 8.03. The van der Waals surface area contributed by atoms with Gasteiger partial charge in [0.1, 0.15) is 0 Å². The fraction of sp³-hybridized carbons (Fsp3) is 0.600. The van der Waals surface area contributed by atoms with Crippen molar-refractivity contribution >= 4 is 0 Å². The highest BCUT2D eigenvalue weighted by Gasteiger charge is 2.57.